The highest BCUT2D eigenvalue weighted by atomic mass is 16.3. The molecule has 1 N–H and O–H groups in total. The highest BCUT2D eigenvalue weighted by molar-refractivity contribution is 5.97. The molecule has 0 saturated carbocycles. The van der Waals surface area contributed by atoms with E-state index in [0.29, 0.717) is 44.4 Å². The Morgan fingerprint density at radius 1 is 0.636 bits per heavy atom. The van der Waals surface area contributed by atoms with Crippen LogP contribution in [0.15, 0.2) is 127 Å². The first-order chi connectivity index (χ1) is 38.6. The second kappa shape index (κ2) is 18.2. The van der Waals surface area contributed by atoms with Crippen LogP contribution in [0, 0.1) is 6.85 Å². The van der Waals surface area contributed by atoms with E-state index in [1.165, 1.54) is 0 Å². The van der Waals surface area contributed by atoms with Gasteiger partial charge < -0.3 is 5.11 Å². The molecule has 6 aromatic carbocycles. The number of imidazole rings is 1. The van der Waals surface area contributed by atoms with Crippen molar-refractivity contribution < 1.29 is 29.8 Å². The van der Waals surface area contributed by atoms with Crippen molar-refractivity contribution in [3.63, 3.8) is 0 Å². The molecule has 0 aliphatic heterocycles. The first kappa shape index (κ1) is 28.7. The lowest BCUT2D eigenvalue weighted by atomic mass is 9.83. The van der Waals surface area contributed by atoms with Crippen molar-refractivity contribution in [2.45, 2.75) is 132 Å². The summed E-state index contributed by atoms with van der Waals surface area (Å²) in [6, 6.07) is 19.9. The number of phenols is 1. The maximum Gasteiger partial charge on any atom is 0.149 e. The van der Waals surface area contributed by atoms with Crippen LogP contribution in [0.25, 0.3) is 72.7 Å². The topological polar surface area (TPSA) is 50.9 Å². The molecule has 66 heavy (non-hydrogen) atoms. The van der Waals surface area contributed by atoms with Crippen LogP contribution in [0.1, 0.15) is 183 Å². The number of aromatic nitrogens is 3. The van der Waals surface area contributed by atoms with Crippen LogP contribution in [-0.2, 0) is 5.41 Å². The van der Waals surface area contributed by atoms with Gasteiger partial charge in [-0.25, -0.2) is 4.98 Å². The minimum atomic E-state index is -3.67. The van der Waals surface area contributed by atoms with Crippen LogP contribution in [0.2, 0.25) is 0 Å². The molecule has 4 nitrogen and oxygen atoms in total. The van der Waals surface area contributed by atoms with E-state index in [-0.39, 0.29) is 51.8 Å². The Hall–Kier alpha value is -6.26. The highest BCUT2D eigenvalue weighted by Gasteiger charge is 2.26. The molecule has 0 spiro atoms. The van der Waals surface area contributed by atoms with E-state index >= 15 is 0 Å². The fraction of sp³-hybridized carbons (Fsp3) is 0.323. The molecular weight excluding hydrogens is 803 g/mol. The molecule has 0 unspecified atom stereocenters. The summed E-state index contributed by atoms with van der Waals surface area (Å²) < 4.78 is 159. The normalized spacial score (nSPS) is 17.1. The number of hydrogen-bond donors (Lipinski definition) is 1. The van der Waals surface area contributed by atoms with Gasteiger partial charge in [-0.2, -0.15) is 0 Å². The zero-order valence-electron chi connectivity index (χ0n) is 57.6. The number of aryl methyl sites for hydroxylation is 1. The summed E-state index contributed by atoms with van der Waals surface area (Å²) in [5.41, 5.74) is 4.62. The van der Waals surface area contributed by atoms with Crippen LogP contribution >= 0.6 is 0 Å². The predicted octanol–water partition coefficient (Wildman–Crippen LogP) is 17.7. The lowest BCUT2D eigenvalue weighted by molar-refractivity contribution is 0.466. The van der Waals surface area contributed by atoms with Gasteiger partial charge in [0.05, 0.1) is 37.6 Å². The van der Waals surface area contributed by atoms with Crippen molar-refractivity contribution in [3.05, 3.63) is 166 Å². The Bertz CT molecular complexity index is 3890. The molecule has 0 bridgehead atoms. The van der Waals surface area contributed by atoms with Gasteiger partial charge in [0.25, 0.3) is 0 Å². The minimum absolute atomic E-state index is 0.000286. The number of nitrogens with zero attached hydrogens (tertiary/aromatic N) is 3. The second-order valence-electron chi connectivity index (χ2n) is 19.3. The predicted molar refractivity (Wildman–Crippen MR) is 282 cm³/mol. The lowest BCUT2D eigenvalue weighted by Crippen LogP contribution is -2.11. The largest absolute Gasteiger partial charge is 0.507 e. The summed E-state index contributed by atoms with van der Waals surface area (Å²) in [6.45, 7) is 11.5. The Morgan fingerprint density at radius 2 is 1.35 bits per heavy atom. The van der Waals surface area contributed by atoms with Crippen molar-refractivity contribution >= 4 is 11.0 Å². The Kier molecular flexibility index (Phi) is 7.91. The van der Waals surface area contributed by atoms with E-state index in [9.17, 15) is 12.0 Å². The summed E-state index contributed by atoms with van der Waals surface area (Å²) in [5, 5.41) is 12.4. The van der Waals surface area contributed by atoms with E-state index in [0.717, 1.165) is 22.3 Å². The zero-order chi connectivity index (χ0) is 62.8. The molecular formula is C62H69N3O. The van der Waals surface area contributed by atoms with Crippen LogP contribution < -0.4 is 0 Å². The van der Waals surface area contributed by atoms with Crippen molar-refractivity contribution in [2.24, 2.45) is 0 Å². The SMILES string of the molecule is [2H]c1nc(-c2cc(-c3cccc4c3nc(-c3cc(C(C)C)cc(C(C)C)c3O)n4-c3ccc(-c4c(C(C)C)cccc4C([2H])(C)C)cc3C([2H])([2H])[2H])cc(C(C)(C)C)c2)c([2H])c(-c2c([2H])c([2H])c(C([2H])(C([2H])([2H])[2H])C([2H])([2H])[2H])c([2H])c2[2H])c1[2H]. The number of hydrogen-bond acceptors (Lipinski definition) is 3. The van der Waals surface area contributed by atoms with Gasteiger partial charge in [-0.15, -0.1) is 0 Å². The van der Waals surface area contributed by atoms with E-state index < -0.39 is 96.9 Å². The summed E-state index contributed by atoms with van der Waals surface area (Å²) in [6.07, 6.45) is -0.724. The van der Waals surface area contributed by atoms with Gasteiger partial charge in [0, 0.05) is 32.4 Å². The Morgan fingerprint density at radius 3 is 2.02 bits per heavy atom. The van der Waals surface area contributed by atoms with Crippen LogP contribution in [-0.4, -0.2) is 19.6 Å². The van der Waals surface area contributed by atoms with Crippen LogP contribution in [0.3, 0.4) is 0 Å². The smallest absolute Gasteiger partial charge is 0.149 e. The van der Waals surface area contributed by atoms with Gasteiger partial charge in [0.2, 0.25) is 0 Å². The number of aromatic hydroxyl groups is 1. The summed E-state index contributed by atoms with van der Waals surface area (Å²) in [5.74, 6) is -4.60. The molecule has 2 heterocycles. The van der Waals surface area contributed by atoms with Crippen LogP contribution in [0.5, 0.6) is 5.75 Å². The molecule has 0 amide bonds. The van der Waals surface area contributed by atoms with E-state index in [4.69, 9.17) is 22.8 Å². The molecule has 2 aromatic heterocycles. The molecule has 0 saturated heterocycles. The van der Waals surface area contributed by atoms with E-state index in [1.54, 1.807) is 48.7 Å². The maximum atomic E-state index is 12.4. The molecule has 8 rings (SSSR count). The van der Waals surface area contributed by atoms with Gasteiger partial charge in [0.15, 0.2) is 0 Å². The quantitative estimate of drug-likeness (QED) is 0.141. The molecule has 0 aliphatic rings. The molecule has 8 aromatic rings. The van der Waals surface area contributed by atoms with Gasteiger partial charge >= 0.3 is 0 Å². The summed E-state index contributed by atoms with van der Waals surface area (Å²) >= 11 is 0. The standard InChI is InChI=1S/C62H69N3O/c1-36(2)42-21-23-43(24-22-42)44-27-28-63-55(35-44)48-30-47(31-49(32-48)62(12,13)14)52-19-16-20-57-59(52)64-61(54-34-46(37(3)4)33-53(40(9)10)60(54)66)65(57)56-26-25-45(29-41(56)11)58-50(38(5)6)17-15-18-51(58)39(7)8/h15-40,66H,1-14H3/i1D3,2D3,11D3,21D,22D,23D,24D,27D,28D,35D,36D,38D. The molecule has 0 radical (unpaired) electrons. The average Bonchev–Trinajstić information content (AvgIpc) is 1.16. The Labute approximate surface area is 420 Å². The number of fused-ring (bicyclic) bond motifs is 1. The lowest BCUT2D eigenvalue weighted by Gasteiger charge is -2.22. The van der Waals surface area contributed by atoms with Crippen molar-refractivity contribution in [2.75, 3.05) is 0 Å². The number of phenolic OH excluding ortho intramolecular Hbond substituents is 1. The maximum absolute atomic E-state index is 12.4. The molecule has 338 valence electrons. The van der Waals surface area contributed by atoms with Gasteiger partial charge in [-0.1, -0.05) is 163 Å². The molecule has 0 atom stereocenters. The second-order valence-corrected chi connectivity index (χ2v) is 19.3. The first-order valence-electron chi connectivity index (χ1n) is 31.5. The highest BCUT2D eigenvalue weighted by Crippen LogP contribution is 2.45. The molecule has 0 fully saturated rings. The van der Waals surface area contributed by atoms with E-state index in [2.05, 4.69) is 18.8 Å². The van der Waals surface area contributed by atoms with Crippen molar-refractivity contribution in [3.8, 4) is 67.5 Å². The van der Waals surface area contributed by atoms with Crippen molar-refractivity contribution in [1.29, 1.82) is 0 Å². The summed E-state index contributed by atoms with van der Waals surface area (Å²) in [4.78, 5) is 9.80. The van der Waals surface area contributed by atoms with E-state index in [1.807, 2.05) is 103 Å². The number of rotatable bonds is 11. The third-order valence-corrected chi connectivity index (χ3v) is 12.3. The fourth-order valence-electron chi connectivity index (χ4n) is 8.55. The average molecular weight is 890 g/mol. The molecule has 0 aliphatic carbocycles. The number of benzene rings is 6. The van der Waals surface area contributed by atoms with Gasteiger partial charge in [-0.05, 0) is 157 Å². The molecule has 4 heteroatoms. The zero-order valence-corrected chi connectivity index (χ0v) is 39.6. The number of pyridine rings is 1. The van der Waals surface area contributed by atoms with Gasteiger partial charge in [-0.3, -0.25) is 9.55 Å². The number of para-hydroxylation sites is 1. The van der Waals surface area contributed by atoms with Gasteiger partial charge in [0.1, 0.15) is 11.6 Å². The monoisotopic (exact) mass is 890 g/mol. The van der Waals surface area contributed by atoms with Crippen LogP contribution in [0.4, 0.5) is 0 Å². The first-order valence-corrected chi connectivity index (χ1v) is 22.5. The van der Waals surface area contributed by atoms with Crippen molar-refractivity contribution in [1.82, 2.24) is 14.5 Å². The Balaban J connectivity index is 1.47. The summed E-state index contributed by atoms with van der Waals surface area (Å²) in [7, 11) is 0. The fourth-order valence-corrected chi connectivity index (χ4v) is 8.55. The third kappa shape index (κ3) is 8.87. The minimum Gasteiger partial charge on any atom is -0.507 e. The third-order valence-electron chi connectivity index (χ3n) is 12.3.